The minimum atomic E-state index is -0.113. The summed E-state index contributed by atoms with van der Waals surface area (Å²) in [5.41, 5.74) is 4.13. The van der Waals surface area contributed by atoms with Gasteiger partial charge >= 0.3 is 0 Å². The molecule has 3 nitrogen and oxygen atoms in total. The number of aryl methyl sites for hydroxylation is 2. The van der Waals surface area contributed by atoms with Crippen molar-refractivity contribution in [1.82, 2.24) is 5.32 Å². The number of benzene rings is 2. The Kier molecular flexibility index (Phi) is 5.37. The topological polar surface area (TPSA) is 49.3 Å². The Morgan fingerprint density at radius 1 is 1.14 bits per heavy atom. The number of rotatable bonds is 5. The van der Waals surface area contributed by atoms with E-state index in [1.165, 1.54) is 17.2 Å². The summed E-state index contributed by atoms with van der Waals surface area (Å²) in [7, 11) is 0. The first kappa shape index (κ1) is 15.8. The van der Waals surface area contributed by atoms with Gasteiger partial charge in [0.05, 0.1) is 0 Å². The third-order valence-electron chi connectivity index (χ3n) is 3.48. The first-order valence-corrected chi connectivity index (χ1v) is 7.35. The van der Waals surface area contributed by atoms with Gasteiger partial charge in [0.2, 0.25) is 5.91 Å². The van der Waals surface area contributed by atoms with Gasteiger partial charge in [0, 0.05) is 12.6 Å². The molecule has 1 amide bonds. The number of amides is 1. The average Bonchev–Trinajstić information content (AvgIpc) is 2.50. The van der Waals surface area contributed by atoms with Crippen LogP contribution in [0.15, 0.2) is 48.5 Å². The van der Waals surface area contributed by atoms with Crippen LogP contribution in [0.1, 0.15) is 22.3 Å². The fourth-order valence-corrected chi connectivity index (χ4v) is 2.10. The Morgan fingerprint density at radius 3 is 2.55 bits per heavy atom. The second kappa shape index (κ2) is 7.46. The van der Waals surface area contributed by atoms with E-state index in [0.717, 1.165) is 17.5 Å². The highest BCUT2D eigenvalue weighted by Gasteiger charge is 1.98. The van der Waals surface area contributed by atoms with Gasteiger partial charge < -0.3 is 10.4 Å². The lowest BCUT2D eigenvalue weighted by atomic mass is 10.1. The zero-order valence-corrected chi connectivity index (χ0v) is 13.0. The molecule has 0 saturated heterocycles. The van der Waals surface area contributed by atoms with E-state index < -0.39 is 0 Å². The van der Waals surface area contributed by atoms with Crippen molar-refractivity contribution in [1.29, 1.82) is 0 Å². The molecule has 2 N–H and O–H groups in total. The molecular formula is C19H21NO2. The third-order valence-corrected chi connectivity index (χ3v) is 3.48. The number of hydrogen-bond acceptors (Lipinski definition) is 2. The van der Waals surface area contributed by atoms with Gasteiger partial charge in [-0.3, -0.25) is 4.79 Å². The van der Waals surface area contributed by atoms with E-state index in [4.69, 9.17) is 0 Å². The lowest BCUT2D eigenvalue weighted by Crippen LogP contribution is -2.23. The number of carbonyl (C=O) groups is 1. The summed E-state index contributed by atoms with van der Waals surface area (Å²) in [6, 6.07) is 13.6. The largest absolute Gasteiger partial charge is 0.508 e. The van der Waals surface area contributed by atoms with Crippen molar-refractivity contribution < 1.29 is 9.90 Å². The fourth-order valence-electron chi connectivity index (χ4n) is 2.10. The monoisotopic (exact) mass is 295 g/mol. The molecular weight excluding hydrogens is 274 g/mol. The number of aromatic hydroxyl groups is 1. The normalized spacial score (nSPS) is 10.8. The zero-order chi connectivity index (χ0) is 15.9. The number of carbonyl (C=O) groups excluding carboxylic acids is 1. The molecule has 2 aromatic rings. The van der Waals surface area contributed by atoms with Gasteiger partial charge in [-0.25, -0.2) is 0 Å². The molecule has 0 atom stereocenters. The van der Waals surface area contributed by atoms with Gasteiger partial charge in [-0.1, -0.05) is 35.9 Å². The summed E-state index contributed by atoms with van der Waals surface area (Å²) < 4.78 is 0. The lowest BCUT2D eigenvalue weighted by molar-refractivity contribution is -0.116. The molecule has 0 aliphatic heterocycles. The summed E-state index contributed by atoms with van der Waals surface area (Å²) in [6.45, 7) is 4.50. The summed E-state index contributed by atoms with van der Waals surface area (Å²) >= 11 is 0. The SMILES string of the molecule is Cc1ccc(CCNC(=O)/C=C/c2ccc(O)c(C)c2)cc1. The molecule has 0 radical (unpaired) electrons. The van der Waals surface area contributed by atoms with Gasteiger partial charge in [0.1, 0.15) is 5.75 Å². The lowest BCUT2D eigenvalue weighted by Gasteiger charge is -2.03. The van der Waals surface area contributed by atoms with Crippen molar-refractivity contribution in [3.8, 4) is 5.75 Å². The standard InChI is InChI=1S/C19H21NO2/c1-14-3-5-16(6-4-14)11-12-20-19(22)10-8-17-7-9-18(21)15(2)13-17/h3-10,13,21H,11-12H2,1-2H3,(H,20,22)/b10-8+. The quantitative estimate of drug-likeness (QED) is 0.831. The molecule has 3 heteroatoms. The Balaban J connectivity index is 1.81. The third kappa shape index (κ3) is 4.77. The second-order valence-corrected chi connectivity index (χ2v) is 5.41. The maximum atomic E-state index is 11.8. The molecule has 114 valence electrons. The smallest absolute Gasteiger partial charge is 0.244 e. The van der Waals surface area contributed by atoms with Gasteiger partial charge in [-0.05, 0) is 55.2 Å². The zero-order valence-electron chi connectivity index (χ0n) is 13.0. The summed E-state index contributed by atoms with van der Waals surface area (Å²) in [6.07, 6.45) is 4.08. The van der Waals surface area contributed by atoms with E-state index in [-0.39, 0.29) is 11.7 Å². The van der Waals surface area contributed by atoms with Crippen LogP contribution in [-0.4, -0.2) is 17.6 Å². The van der Waals surface area contributed by atoms with Crippen molar-refractivity contribution in [3.63, 3.8) is 0 Å². The van der Waals surface area contributed by atoms with Crippen molar-refractivity contribution >= 4 is 12.0 Å². The van der Waals surface area contributed by atoms with Crippen molar-refractivity contribution in [2.45, 2.75) is 20.3 Å². The van der Waals surface area contributed by atoms with Crippen LogP contribution in [0.5, 0.6) is 5.75 Å². The maximum Gasteiger partial charge on any atom is 0.244 e. The predicted octanol–water partition coefficient (Wildman–Crippen LogP) is 3.38. The molecule has 0 saturated carbocycles. The minimum absolute atomic E-state index is 0.113. The van der Waals surface area contributed by atoms with Crippen molar-refractivity contribution in [2.75, 3.05) is 6.54 Å². The van der Waals surface area contributed by atoms with Crippen LogP contribution >= 0.6 is 0 Å². The van der Waals surface area contributed by atoms with Gasteiger partial charge in [-0.15, -0.1) is 0 Å². The molecule has 22 heavy (non-hydrogen) atoms. The fraction of sp³-hybridized carbons (Fsp3) is 0.211. The molecule has 0 fully saturated rings. The van der Waals surface area contributed by atoms with E-state index in [0.29, 0.717) is 6.54 Å². The minimum Gasteiger partial charge on any atom is -0.508 e. The molecule has 0 bridgehead atoms. The van der Waals surface area contributed by atoms with E-state index in [1.807, 2.05) is 13.0 Å². The highest BCUT2D eigenvalue weighted by molar-refractivity contribution is 5.91. The Bertz CT molecular complexity index is 672. The van der Waals surface area contributed by atoms with Crippen molar-refractivity contribution in [3.05, 3.63) is 70.8 Å². The number of hydrogen-bond donors (Lipinski definition) is 2. The summed E-state index contributed by atoms with van der Waals surface area (Å²) in [4.78, 5) is 11.8. The average molecular weight is 295 g/mol. The second-order valence-electron chi connectivity index (χ2n) is 5.41. The van der Waals surface area contributed by atoms with Crippen molar-refractivity contribution in [2.24, 2.45) is 0 Å². The molecule has 0 unspecified atom stereocenters. The van der Waals surface area contributed by atoms with Gasteiger partial charge in [0.15, 0.2) is 0 Å². The molecule has 2 aromatic carbocycles. The van der Waals surface area contributed by atoms with Crippen LogP contribution in [0.25, 0.3) is 6.08 Å². The highest BCUT2D eigenvalue weighted by Crippen LogP contribution is 2.17. The van der Waals surface area contributed by atoms with E-state index in [1.54, 1.807) is 18.2 Å². The maximum absolute atomic E-state index is 11.8. The molecule has 0 aromatic heterocycles. The highest BCUT2D eigenvalue weighted by atomic mass is 16.3. The molecule has 0 aliphatic carbocycles. The summed E-state index contributed by atoms with van der Waals surface area (Å²) in [5, 5.41) is 12.3. The van der Waals surface area contributed by atoms with Crippen LogP contribution in [0, 0.1) is 13.8 Å². The summed E-state index contributed by atoms with van der Waals surface area (Å²) in [5.74, 6) is 0.150. The number of phenolic OH excluding ortho intramolecular Hbond substituents is 1. The molecule has 0 heterocycles. The Labute approximate surface area is 131 Å². The number of nitrogens with one attached hydrogen (secondary N) is 1. The van der Waals surface area contributed by atoms with E-state index >= 15 is 0 Å². The number of phenols is 1. The van der Waals surface area contributed by atoms with Crippen LogP contribution < -0.4 is 5.32 Å². The van der Waals surface area contributed by atoms with E-state index in [2.05, 4.69) is 36.5 Å². The van der Waals surface area contributed by atoms with Crippen LogP contribution in [0.2, 0.25) is 0 Å². The first-order chi connectivity index (χ1) is 10.5. The Hall–Kier alpha value is -2.55. The van der Waals surface area contributed by atoms with E-state index in [9.17, 15) is 9.90 Å². The van der Waals surface area contributed by atoms with Crippen LogP contribution in [0.3, 0.4) is 0 Å². The van der Waals surface area contributed by atoms with Crippen LogP contribution in [-0.2, 0) is 11.2 Å². The van der Waals surface area contributed by atoms with Gasteiger partial charge in [-0.2, -0.15) is 0 Å². The van der Waals surface area contributed by atoms with Crippen LogP contribution in [0.4, 0.5) is 0 Å². The molecule has 0 aliphatic rings. The Morgan fingerprint density at radius 2 is 1.86 bits per heavy atom. The van der Waals surface area contributed by atoms with Gasteiger partial charge in [0.25, 0.3) is 0 Å². The first-order valence-electron chi connectivity index (χ1n) is 7.35. The predicted molar refractivity (Wildman–Crippen MR) is 89.8 cm³/mol. The molecule has 0 spiro atoms. The molecule has 2 rings (SSSR count).